The number of imide groups is 1. The van der Waals surface area contributed by atoms with Crippen molar-refractivity contribution in [3.63, 3.8) is 0 Å². The van der Waals surface area contributed by atoms with Crippen LogP contribution in [0.15, 0.2) is 18.2 Å². The lowest BCUT2D eigenvalue weighted by Gasteiger charge is -2.43. The van der Waals surface area contributed by atoms with Crippen LogP contribution >= 0.6 is 0 Å². The van der Waals surface area contributed by atoms with Crippen molar-refractivity contribution in [2.75, 3.05) is 18.5 Å². The SMILES string of the molecule is CC1CC(C)(C)CC2(C1)NC(=O)N(CC(=O)OCC(=O)Nc1ccc3c(c1)OC1(CCCC1)O3)C2=O. The summed E-state index contributed by atoms with van der Waals surface area (Å²) in [6, 6.07) is 4.51. The summed E-state index contributed by atoms with van der Waals surface area (Å²) in [7, 11) is 0. The number of hydrogen-bond donors (Lipinski definition) is 2. The van der Waals surface area contributed by atoms with Crippen LogP contribution in [0.1, 0.15) is 65.7 Å². The lowest BCUT2D eigenvalue weighted by Crippen LogP contribution is -2.54. The highest BCUT2D eigenvalue weighted by Crippen LogP contribution is 2.48. The van der Waals surface area contributed by atoms with E-state index < -0.39 is 48.3 Å². The molecule has 36 heavy (non-hydrogen) atoms. The summed E-state index contributed by atoms with van der Waals surface area (Å²) in [6.07, 6.45) is 5.76. The van der Waals surface area contributed by atoms with Gasteiger partial charge in [0.05, 0.1) is 0 Å². The Morgan fingerprint density at radius 1 is 1.14 bits per heavy atom. The molecule has 0 radical (unpaired) electrons. The average Bonchev–Trinajstić information content (AvgIpc) is 3.44. The Morgan fingerprint density at radius 2 is 1.86 bits per heavy atom. The Kier molecular flexibility index (Phi) is 5.88. The van der Waals surface area contributed by atoms with E-state index in [0.29, 0.717) is 30.0 Å². The molecular formula is C26H33N3O7. The molecule has 5 rings (SSSR count). The number of hydrogen-bond acceptors (Lipinski definition) is 7. The van der Waals surface area contributed by atoms with E-state index in [1.54, 1.807) is 18.2 Å². The van der Waals surface area contributed by atoms with Gasteiger partial charge in [0, 0.05) is 24.6 Å². The first-order valence-electron chi connectivity index (χ1n) is 12.6. The van der Waals surface area contributed by atoms with Crippen molar-refractivity contribution < 1.29 is 33.4 Å². The number of nitrogens with one attached hydrogen (secondary N) is 2. The first-order valence-corrected chi connectivity index (χ1v) is 12.6. The van der Waals surface area contributed by atoms with Gasteiger partial charge in [0.15, 0.2) is 18.1 Å². The summed E-state index contributed by atoms with van der Waals surface area (Å²) in [5, 5.41) is 5.49. The first kappa shape index (κ1) is 24.4. The predicted octanol–water partition coefficient (Wildman–Crippen LogP) is 3.35. The van der Waals surface area contributed by atoms with Gasteiger partial charge in [-0.25, -0.2) is 4.79 Å². The van der Waals surface area contributed by atoms with Crippen molar-refractivity contribution in [2.45, 2.75) is 77.0 Å². The highest BCUT2D eigenvalue weighted by Gasteiger charge is 2.56. The van der Waals surface area contributed by atoms with Gasteiger partial charge in [-0.2, -0.15) is 0 Å². The maximum absolute atomic E-state index is 13.2. The fourth-order valence-electron chi connectivity index (χ4n) is 6.46. The fraction of sp³-hybridized carbons (Fsp3) is 0.615. The van der Waals surface area contributed by atoms with Gasteiger partial charge >= 0.3 is 12.0 Å². The molecule has 4 aliphatic rings. The van der Waals surface area contributed by atoms with Gasteiger partial charge in [0.2, 0.25) is 0 Å². The molecule has 10 nitrogen and oxygen atoms in total. The van der Waals surface area contributed by atoms with Gasteiger partial charge in [0.1, 0.15) is 12.1 Å². The molecule has 2 unspecified atom stereocenters. The van der Waals surface area contributed by atoms with Gasteiger partial charge in [-0.15, -0.1) is 0 Å². The van der Waals surface area contributed by atoms with Crippen LogP contribution in [-0.4, -0.2) is 53.2 Å². The summed E-state index contributed by atoms with van der Waals surface area (Å²) in [6.45, 7) is 5.12. The summed E-state index contributed by atoms with van der Waals surface area (Å²) in [5.74, 6) is -0.911. The molecule has 2 N–H and O–H groups in total. The largest absolute Gasteiger partial charge is 0.454 e. The molecule has 2 atom stereocenters. The Balaban J connectivity index is 1.13. The van der Waals surface area contributed by atoms with Crippen LogP contribution < -0.4 is 20.1 Å². The Hall–Kier alpha value is -3.30. The summed E-state index contributed by atoms with van der Waals surface area (Å²) >= 11 is 0. The van der Waals surface area contributed by atoms with Gasteiger partial charge in [-0.05, 0) is 55.6 Å². The molecule has 1 aromatic rings. The third-order valence-electron chi connectivity index (χ3n) is 7.46. The Labute approximate surface area is 210 Å². The number of amides is 4. The van der Waals surface area contributed by atoms with E-state index in [1.165, 1.54) is 0 Å². The van der Waals surface area contributed by atoms with Crippen LogP contribution in [0.5, 0.6) is 11.5 Å². The first-order chi connectivity index (χ1) is 17.0. The molecule has 0 aromatic heterocycles. The maximum atomic E-state index is 13.2. The zero-order chi connectivity index (χ0) is 25.7. The predicted molar refractivity (Wildman–Crippen MR) is 128 cm³/mol. The smallest absolute Gasteiger partial charge is 0.326 e. The van der Waals surface area contributed by atoms with Crippen molar-refractivity contribution in [3.8, 4) is 11.5 Å². The maximum Gasteiger partial charge on any atom is 0.326 e. The molecular weight excluding hydrogens is 466 g/mol. The number of benzene rings is 1. The van der Waals surface area contributed by atoms with Crippen LogP contribution in [0.4, 0.5) is 10.5 Å². The Bertz CT molecular complexity index is 1110. The second-order valence-corrected chi connectivity index (χ2v) is 11.5. The minimum Gasteiger partial charge on any atom is -0.454 e. The molecule has 194 valence electrons. The number of urea groups is 1. The van der Waals surface area contributed by atoms with E-state index in [2.05, 4.69) is 31.4 Å². The highest BCUT2D eigenvalue weighted by molar-refractivity contribution is 6.09. The van der Waals surface area contributed by atoms with E-state index in [-0.39, 0.29) is 11.3 Å². The molecule has 2 spiro atoms. The molecule has 2 aliphatic carbocycles. The van der Waals surface area contributed by atoms with E-state index in [1.807, 2.05) is 0 Å². The molecule has 1 saturated heterocycles. The zero-order valence-corrected chi connectivity index (χ0v) is 21.0. The average molecular weight is 500 g/mol. The molecule has 4 amide bonds. The molecule has 3 fully saturated rings. The number of carbonyl (C=O) groups excluding carboxylic acids is 4. The third-order valence-corrected chi connectivity index (χ3v) is 7.46. The Morgan fingerprint density at radius 3 is 2.58 bits per heavy atom. The number of nitrogens with zero attached hydrogens (tertiary/aromatic N) is 1. The molecule has 1 aromatic carbocycles. The van der Waals surface area contributed by atoms with Crippen LogP contribution in [0.25, 0.3) is 0 Å². The van der Waals surface area contributed by atoms with Gasteiger partial charge < -0.3 is 24.8 Å². The number of ether oxygens (including phenoxy) is 3. The number of fused-ring (bicyclic) bond motifs is 1. The molecule has 10 heteroatoms. The quantitative estimate of drug-likeness (QED) is 0.470. The van der Waals surface area contributed by atoms with Gasteiger partial charge in [-0.3, -0.25) is 19.3 Å². The summed E-state index contributed by atoms with van der Waals surface area (Å²) in [4.78, 5) is 51.4. The van der Waals surface area contributed by atoms with Crippen molar-refractivity contribution in [3.05, 3.63) is 18.2 Å². The normalized spacial score (nSPS) is 27.4. The lowest BCUT2D eigenvalue weighted by atomic mass is 9.64. The second-order valence-electron chi connectivity index (χ2n) is 11.5. The monoisotopic (exact) mass is 499 g/mol. The minimum absolute atomic E-state index is 0.110. The van der Waals surface area contributed by atoms with Crippen LogP contribution in [-0.2, 0) is 19.1 Å². The van der Waals surface area contributed by atoms with Gasteiger partial charge in [0.25, 0.3) is 17.6 Å². The third kappa shape index (κ3) is 4.60. The molecule has 0 bridgehead atoms. The number of rotatable bonds is 5. The van der Waals surface area contributed by atoms with Crippen LogP contribution in [0.2, 0.25) is 0 Å². The van der Waals surface area contributed by atoms with Crippen molar-refractivity contribution in [1.82, 2.24) is 10.2 Å². The number of anilines is 1. The van der Waals surface area contributed by atoms with E-state index in [9.17, 15) is 19.2 Å². The number of esters is 1. The van der Waals surface area contributed by atoms with Gasteiger partial charge in [-0.1, -0.05) is 20.8 Å². The van der Waals surface area contributed by atoms with Crippen LogP contribution in [0, 0.1) is 11.3 Å². The topological polar surface area (TPSA) is 123 Å². The van der Waals surface area contributed by atoms with Crippen LogP contribution in [0.3, 0.4) is 0 Å². The van der Waals surface area contributed by atoms with Crippen molar-refractivity contribution in [1.29, 1.82) is 0 Å². The summed E-state index contributed by atoms with van der Waals surface area (Å²) < 4.78 is 17.0. The molecule has 2 heterocycles. The molecule has 2 aliphatic heterocycles. The van der Waals surface area contributed by atoms with Crippen molar-refractivity contribution in [2.24, 2.45) is 11.3 Å². The van der Waals surface area contributed by atoms with E-state index in [4.69, 9.17) is 14.2 Å². The lowest BCUT2D eigenvalue weighted by molar-refractivity contribution is -0.150. The molecule has 2 saturated carbocycles. The standard InChI is InChI=1S/C26H33N3O7/c1-16-11-24(2,3)15-25(12-16)22(32)29(23(33)28-25)13-21(31)34-14-20(30)27-17-6-7-18-19(10-17)36-26(35-18)8-4-5-9-26/h6-7,10,16H,4-5,8-9,11-15H2,1-3H3,(H,27,30)(H,28,33). The highest BCUT2D eigenvalue weighted by atomic mass is 16.7. The second kappa shape index (κ2) is 8.67. The van der Waals surface area contributed by atoms with Crippen molar-refractivity contribution >= 4 is 29.5 Å². The summed E-state index contributed by atoms with van der Waals surface area (Å²) in [5.41, 5.74) is -0.618. The van der Waals surface area contributed by atoms with E-state index >= 15 is 0 Å². The fourth-order valence-corrected chi connectivity index (χ4v) is 6.46. The number of carbonyl (C=O) groups is 4. The van der Waals surface area contributed by atoms with E-state index in [0.717, 1.165) is 37.0 Å². The zero-order valence-electron chi connectivity index (χ0n) is 21.0. The minimum atomic E-state index is -0.994.